The molecule has 0 aliphatic carbocycles. The maximum absolute atomic E-state index is 4.22. The van der Waals surface area contributed by atoms with Crippen LogP contribution in [0.4, 0.5) is 0 Å². The lowest BCUT2D eigenvalue weighted by atomic mass is 10.2. The van der Waals surface area contributed by atoms with Gasteiger partial charge in [-0.25, -0.2) is 0 Å². The van der Waals surface area contributed by atoms with Gasteiger partial charge in [0.05, 0.1) is 22.1 Å². The molecule has 26 heavy (non-hydrogen) atoms. The largest absolute Gasteiger partial charge is 0.255 e. The summed E-state index contributed by atoms with van der Waals surface area (Å²) in [6.45, 7) is 12.1. The van der Waals surface area contributed by atoms with Crippen LogP contribution >= 0.6 is 0 Å². The van der Waals surface area contributed by atoms with E-state index in [1.54, 1.807) is 18.6 Å². The van der Waals surface area contributed by atoms with E-state index < -0.39 is 0 Å². The number of hydrogen-bond acceptors (Lipinski definition) is 4. The standard InChI is InChI=1S/2C9H8N2.2C2H6/c1-7-4-6-10-8-3-2-5-11-9(7)8;1-7-5-9-8(11-6-7)3-2-4-10-9;2*1-2/h2*2-6H,1H3;2*1-2H3. The van der Waals surface area contributed by atoms with Gasteiger partial charge in [0, 0.05) is 24.8 Å². The summed E-state index contributed by atoms with van der Waals surface area (Å²) in [4.78, 5) is 16.8. The van der Waals surface area contributed by atoms with Gasteiger partial charge in [0.1, 0.15) is 0 Å². The van der Waals surface area contributed by atoms with E-state index in [-0.39, 0.29) is 0 Å². The van der Waals surface area contributed by atoms with Gasteiger partial charge in [-0.2, -0.15) is 0 Å². The Morgan fingerprint density at radius 2 is 1.23 bits per heavy atom. The first-order valence-corrected chi connectivity index (χ1v) is 9.08. The van der Waals surface area contributed by atoms with Crippen LogP contribution in [0.5, 0.6) is 0 Å². The van der Waals surface area contributed by atoms with Gasteiger partial charge in [0.15, 0.2) is 0 Å². The van der Waals surface area contributed by atoms with Gasteiger partial charge in [-0.05, 0) is 61.4 Å². The molecule has 0 amide bonds. The molecule has 0 fully saturated rings. The van der Waals surface area contributed by atoms with E-state index in [0.29, 0.717) is 0 Å². The molecule has 0 unspecified atom stereocenters. The van der Waals surface area contributed by atoms with Crippen molar-refractivity contribution >= 4 is 22.1 Å². The second kappa shape index (κ2) is 11.6. The summed E-state index contributed by atoms with van der Waals surface area (Å²) in [6, 6.07) is 11.7. The minimum atomic E-state index is 0.957. The first kappa shape index (κ1) is 21.2. The lowest BCUT2D eigenvalue weighted by Gasteiger charge is -1.96. The van der Waals surface area contributed by atoms with Crippen molar-refractivity contribution in [3.05, 3.63) is 72.3 Å². The van der Waals surface area contributed by atoms with E-state index in [4.69, 9.17) is 0 Å². The molecule has 4 aromatic rings. The Labute approximate surface area is 156 Å². The molecule has 4 nitrogen and oxygen atoms in total. The molecule has 4 aromatic heterocycles. The highest BCUT2D eigenvalue weighted by molar-refractivity contribution is 5.76. The Kier molecular flexibility index (Phi) is 9.47. The number of rotatable bonds is 0. The van der Waals surface area contributed by atoms with Crippen molar-refractivity contribution in [3.63, 3.8) is 0 Å². The molecule has 0 radical (unpaired) electrons. The van der Waals surface area contributed by atoms with Crippen LogP contribution in [-0.2, 0) is 0 Å². The number of pyridine rings is 4. The molecule has 0 atom stereocenters. The molecule has 0 aliphatic rings. The summed E-state index contributed by atoms with van der Waals surface area (Å²) < 4.78 is 0. The average molecular weight is 348 g/mol. The van der Waals surface area contributed by atoms with Crippen molar-refractivity contribution in [1.29, 1.82) is 0 Å². The van der Waals surface area contributed by atoms with Gasteiger partial charge in [-0.1, -0.05) is 27.7 Å². The molecule has 0 N–H and O–H groups in total. The molecule has 0 aliphatic heterocycles. The third-order valence-electron chi connectivity index (χ3n) is 3.29. The number of nitrogens with zero attached hydrogens (tertiary/aromatic N) is 4. The summed E-state index contributed by atoms with van der Waals surface area (Å²) in [6.07, 6.45) is 7.23. The topological polar surface area (TPSA) is 51.6 Å². The Hall–Kier alpha value is -2.88. The number of aryl methyl sites for hydroxylation is 2. The summed E-state index contributed by atoms with van der Waals surface area (Å²) >= 11 is 0. The lowest BCUT2D eigenvalue weighted by Crippen LogP contribution is -1.83. The number of aromatic nitrogens is 4. The predicted octanol–water partition coefficient (Wildman–Crippen LogP) is 5.93. The van der Waals surface area contributed by atoms with Crippen LogP contribution in [0.1, 0.15) is 38.8 Å². The lowest BCUT2D eigenvalue weighted by molar-refractivity contribution is 1.29. The normalized spacial score (nSPS) is 9.15. The quantitative estimate of drug-likeness (QED) is 0.395. The number of hydrogen-bond donors (Lipinski definition) is 0. The van der Waals surface area contributed by atoms with Crippen molar-refractivity contribution in [3.8, 4) is 0 Å². The Morgan fingerprint density at radius 3 is 1.92 bits per heavy atom. The first-order chi connectivity index (χ1) is 12.7. The van der Waals surface area contributed by atoms with Crippen molar-refractivity contribution in [2.24, 2.45) is 0 Å². The van der Waals surface area contributed by atoms with Crippen LogP contribution in [-0.4, -0.2) is 19.9 Å². The number of fused-ring (bicyclic) bond motifs is 2. The van der Waals surface area contributed by atoms with Gasteiger partial charge in [-0.3, -0.25) is 19.9 Å². The van der Waals surface area contributed by atoms with E-state index in [9.17, 15) is 0 Å². The van der Waals surface area contributed by atoms with E-state index in [0.717, 1.165) is 27.6 Å². The van der Waals surface area contributed by atoms with Crippen LogP contribution in [0.25, 0.3) is 22.1 Å². The average Bonchev–Trinajstić information content (AvgIpc) is 2.72. The second-order valence-electron chi connectivity index (χ2n) is 5.05. The van der Waals surface area contributed by atoms with Crippen LogP contribution in [0.3, 0.4) is 0 Å². The smallest absolute Gasteiger partial charge is 0.0915 e. The summed E-state index contributed by atoms with van der Waals surface area (Å²) in [5, 5.41) is 0. The van der Waals surface area contributed by atoms with Crippen LogP contribution in [0, 0.1) is 13.8 Å². The third-order valence-corrected chi connectivity index (χ3v) is 3.29. The monoisotopic (exact) mass is 348 g/mol. The second-order valence-corrected chi connectivity index (χ2v) is 5.05. The molecule has 4 rings (SSSR count). The highest BCUT2D eigenvalue weighted by Crippen LogP contribution is 2.11. The van der Waals surface area contributed by atoms with Gasteiger partial charge >= 0.3 is 0 Å². The van der Waals surface area contributed by atoms with Gasteiger partial charge in [0.2, 0.25) is 0 Å². The van der Waals surface area contributed by atoms with E-state index in [1.807, 2.05) is 84.1 Å². The minimum absolute atomic E-state index is 0.957. The first-order valence-electron chi connectivity index (χ1n) is 9.08. The molecular formula is C22H28N4. The van der Waals surface area contributed by atoms with Crippen molar-refractivity contribution in [2.75, 3.05) is 0 Å². The minimum Gasteiger partial charge on any atom is -0.255 e. The fourth-order valence-electron chi connectivity index (χ4n) is 2.17. The molecule has 136 valence electrons. The van der Waals surface area contributed by atoms with Gasteiger partial charge < -0.3 is 0 Å². The van der Waals surface area contributed by atoms with E-state index in [1.165, 1.54) is 5.56 Å². The van der Waals surface area contributed by atoms with Crippen molar-refractivity contribution < 1.29 is 0 Å². The zero-order chi connectivity index (χ0) is 19.4. The third kappa shape index (κ3) is 5.88. The molecular weight excluding hydrogens is 320 g/mol. The van der Waals surface area contributed by atoms with Gasteiger partial charge in [0.25, 0.3) is 0 Å². The fraction of sp³-hybridized carbons (Fsp3) is 0.273. The van der Waals surface area contributed by atoms with E-state index in [2.05, 4.69) is 19.9 Å². The molecule has 0 spiro atoms. The Balaban J connectivity index is 0.000000219. The molecule has 0 aromatic carbocycles. The highest BCUT2D eigenvalue weighted by atomic mass is 14.7. The molecule has 4 heteroatoms. The van der Waals surface area contributed by atoms with Crippen LogP contribution < -0.4 is 0 Å². The highest BCUT2D eigenvalue weighted by Gasteiger charge is 1.95. The molecule has 0 saturated heterocycles. The van der Waals surface area contributed by atoms with Crippen LogP contribution in [0.15, 0.2) is 61.2 Å². The molecule has 0 saturated carbocycles. The van der Waals surface area contributed by atoms with Crippen molar-refractivity contribution in [2.45, 2.75) is 41.5 Å². The Bertz CT molecular complexity index is 908. The fourth-order valence-corrected chi connectivity index (χ4v) is 2.17. The SMILES string of the molecule is CC.CC.Cc1ccnc2cccnc12.Cc1cnc2cccnc2c1. The Morgan fingerprint density at radius 1 is 0.615 bits per heavy atom. The van der Waals surface area contributed by atoms with Crippen LogP contribution in [0.2, 0.25) is 0 Å². The van der Waals surface area contributed by atoms with Gasteiger partial charge in [-0.15, -0.1) is 0 Å². The predicted molar refractivity (Wildman–Crippen MR) is 111 cm³/mol. The summed E-state index contributed by atoms with van der Waals surface area (Å²) in [5.74, 6) is 0. The molecule has 0 bridgehead atoms. The molecule has 4 heterocycles. The zero-order valence-electron chi connectivity index (χ0n) is 16.6. The maximum Gasteiger partial charge on any atom is 0.0915 e. The maximum atomic E-state index is 4.22. The summed E-state index contributed by atoms with van der Waals surface area (Å²) in [7, 11) is 0. The van der Waals surface area contributed by atoms with E-state index >= 15 is 0 Å². The van der Waals surface area contributed by atoms with Crippen molar-refractivity contribution in [1.82, 2.24) is 19.9 Å². The summed E-state index contributed by atoms with van der Waals surface area (Å²) in [5.41, 5.74) is 6.21. The zero-order valence-corrected chi connectivity index (χ0v) is 16.6.